The molecule has 0 bridgehead atoms. The highest BCUT2D eigenvalue weighted by atomic mass is 19.2. The first-order valence-corrected chi connectivity index (χ1v) is 5.88. The number of aromatic nitrogens is 3. The van der Waals surface area contributed by atoms with E-state index in [1.165, 1.54) is 23.0 Å². The highest BCUT2D eigenvalue weighted by Crippen LogP contribution is 2.12. The van der Waals surface area contributed by atoms with Gasteiger partial charge in [0.05, 0.1) is 6.54 Å². The molecule has 2 aromatic heterocycles. The van der Waals surface area contributed by atoms with Crippen LogP contribution in [0.1, 0.15) is 5.56 Å². The van der Waals surface area contributed by atoms with Crippen molar-refractivity contribution in [1.82, 2.24) is 14.5 Å². The van der Waals surface area contributed by atoms with Gasteiger partial charge in [0.1, 0.15) is 12.0 Å². The Labute approximate surface area is 112 Å². The molecule has 0 unspecified atom stereocenters. The maximum absolute atomic E-state index is 13.2. The van der Waals surface area contributed by atoms with Gasteiger partial charge in [0, 0.05) is 17.6 Å². The normalized spacial score (nSPS) is 10.9. The summed E-state index contributed by atoms with van der Waals surface area (Å²) in [6.45, 7) is 0.115. The second kappa shape index (κ2) is 4.80. The fraction of sp³-hybridized carbons (Fsp3) is 0.0714. The van der Waals surface area contributed by atoms with Gasteiger partial charge < -0.3 is 0 Å². The molecule has 0 radical (unpaired) electrons. The van der Waals surface area contributed by atoms with E-state index in [9.17, 15) is 13.6 Å². The molecular formula is C14H9F2N3O. The molecule has 0 amide bonds. The Morgan fingerprint density at radius 2 is 1.95 bits per heavy atom. The van der Waals surface area contributed by atoms with Crippen molar-refractivity contribution < 1.29 is 8.78 Å². The molecule has 0 aliphatic heterocycles. The van der Waals surface area contributed by atoms with Gasteiger partial charge in [0.2, 0.25) is 0 Å². The summed E-state index contributed by atoms with van der Waals surface area (Å²) in [5.74, 6) is -1.85. The van der Waals surface area contributed by atoms with Crippen LogP contribution in [0.5, 0.6) is 0 Å². The fourth-order valence-electron chi connectivity index (χ4n) is 2.01. The minimum absolute atomic E-state index is 0.115. The van der Waals surface area contributed by atoms with E-state index in [4.69, 9.17) is 0 Å². The summed E-state index contributed by atoms with van der Waals surface area (Å²) in [7, 11) is 0. The van der Waals surface area contributed by atoms with Crippen LogP contribution in [0.3, 0.4) is 0 Å². The third-order valence-corrected chi connectivity index (χ3v) is 2.97. The maximum Gasteiger partial charge on any atom is 0.252 e. The average molecular weight is 273 g/mol. The van der Waals surface area contributed by atoms with Crippen LogP contribution in [-0.4, -0.2) is 14.5 Å². The van der Waals surface area contributed by atoms with Gasteiger partial charge in [-0.3, -0.25) is 9.36 Å². The van der Waals surface area contributed by atoms with Crippen molar-refractivity contribution in [3.05, 3.63) is 70.4 Å². The second-order valence-corrected chi connectivity index (χ2v) is 4.31. The van der Waals surface area contributed by atoms with Gasteiger partial charge in [0.25, 0.3) is 5.56 Å². The quantitative estimate of drug-likeness (QED) is 0.718. The van der Waals surface area contributed by atoms with Gasteiger partial charge in [-0.25, -0.2) is 18.7 Å². The molecule has 0 aliphatic rings. The Morgan fingerprint density at radius 1 is 1.10 bits per heavy atom. The molecular weight excluding hydrogens is 264 g/mol. The van der Waals surface area contributed by atoms with Gasteiger partial charge in [0.15, 0.2) is 11.6 Å². The summed E-state index contributed by atoms with van der Waals surface area (Å²) in [6.07, 6.45) is 2.92. The van der Waals surface area contributed by atoms with Gasteiger partial charge in [-0.1, -0.05) is 6.07 Å². The largest absolute Gasteiger partial charge is 0.288 e. The third-order valence-electron chi connectivity index (χ3n) is 2.97. The predicted octanol–water partition coefficient (Wildman–Crippen LogP) is 2.12. The second-order valence-electron chi connectivity index (χ2n) is 4.31. The predicted molar refractivity (Wildman–Crippen MR) is 69.3 cm³/mol. The van der Waals surface area contributed by atoms with Crippen LogP contribution < -0.4 is 5.56 Å². The highest BCUT2D eigenvalue weighted by Gasteiger charge is 2.07. The van der Waals surface area contributed by atoms with E-state index in [1.807, 2.05) is 0 Å². The lowest BCUT2D eigenvalue weighted by molar-refractivity contribution is 0.506. The number of pyridine rings is 1. The Morgan fingerprint density at radius 3 is 2.75 bits per heavy atom. The SMILES string of the molecule is O=c1ccc2cncnc2n1Cc1ccc(F)c(F)c1. The monoisotopic (exact) mass is 273 g/mol. The van der Waals surface area contributed by atoms with Crippen LogP contribution in [0.25, 0.3) is 11.0 Å². The van der Waals surface area contributed by atoms with E-state index in [1.54, 1.807) is 12.3 Å². The van der Waals surface area contributed by atoms with Crippen LogP contribution in [0, 0.1) is 11.6 Å². The lowest BCUT2D eigenvalue weighted by atomic mass is 10.2. The molecule has 2 heterocycles. The Kier molecular flexibility index (Phi) is 2.98. The lowest BCUT2D eigenvalue weighted by Crippen LogP contribution is -2.20. The van der Waals surface area contributed by atoms with Crippen LogP contribution >= 0.6 is 0 Å². The molecule has 1 aromatic carbocycles. The molecule has 20 heavy (non-hydrogen) atoms. The van der Waals surface area contributed by atoms with Crippen molar-refractivity contribution in [2.45, 2.75) is 6.54 Å². The number of nitrogens with zero attached hydrogens (tertiary/aromatic N) is 3. The Hall–Kier alpha value is -2.63. The van der Waals surface area contributed by atoms with E-state index in [0.717, 1.165) is 12.1 Å². The molecule has 0 N–H and O–H groups in total. The minimum Gasteiger partial charge on any atom is -0.288 e. The number of hydrogen-bond donors (Lipinski definition) is 0. The zero-order chi connectivity index (χ0) is 14.1. The summed E-state index contributed by atoms with van der Waals surface area (Å²) in [4.78, 5) is 19.9. The molecule has 100 valence electrons. The molecule has 0 spiro atoms. The molecule has 6 heteroatoms. The topological polar surface area (TPSA) is 47.8 Å². The van der Waals surface area contributed by atoms with Gasteiger partial charge in [-0.05, 0) is 23.8 Å². The van der Waals surface area contributed by atoms with Gasteiger partial charge >= 0.3 is 0 Å². The van der Waals surface area contributed by atoms with Crippen molar-refractivity contribution in [2.75, 3.05) is 0 Å². The van der Waals surface area contributed by atoms with Crippen molar-refractivity contribution in [3.8, 4) is 0 Å². The van der Waals surface area contributed by atoms with Gasteiger partial charge in [-0.15, -0.1) is 0 Å². The average Bonchev–Trinajstić information content (AvgIpc) is 2.46. The van der Waals surface area contributed by atoms with Gasteiger partial charge in [-0.2, -0.15) is 0 Å². The summed E-state index contributed by atoms with van der Waals surface area (Å²) >= 11 is 0. The van der Waals surface area contributed by atoms with E-state index in [-0.39, 0.29) is 12.1 Å². The molecule has 3 aromatic rings. The molecule has 3 rings (SSSR count). The first kappa shape index (κ1) is 12.4. The molecule has 0 saturated carbocycles. The number of rotatable bonds is 2. The van der Waals surface area contributed by atoms with Crippen molar-refractivity contribution in [1.29, 1.82) is 0 Å². The van der Waals surface area contributed by atoms with Crippen molar-refractivity contribution in [2.24, 2.45) is 0 Å². The molecule has 0 saturated heterocycles. The summed E-state index contributed by atoms with van der Waals surface area (Å²) in [5.41, 5.74) is 0.676. The van der Waals surface area contributed by atoms with Crippen LogP contribution in [-0.2, 0) is 6.54 Å². The van der Waals surface area contributed by atoms with Crippen LogP contribution in [0.2, 0.25) is 0 Å². The number of benzene rings is 1. The fourth-order valence-corrected chi connectivity index (χ4v) is 2.01. The van der Waals surface area contributed by atoms with E-state index in [2.05, 4.69) is 9.97 Å². The number of halogens is 2. The van der Waals surface area contributed by atoms with E-state index >= 15 is 0 Å². The zero-order valence-corrected chi connectivity index (χ0v) is 10.3. The molecule has 4 nitrogen and oxygen atoms in total. The summed E-state index contributed by atoms with van der Waals surface area (Å²) < 4.78 is 27.5. The van der Waals surface area contributed by atoms with Crippen LogP contribution in [0.4, 0.5) is 8.78 Å². The van der Waals surface area contributed by atoms with Crippen molar-refractivity contribution >= 4 is 11.0 Å². The molecule has 0 atom stereocenters. The first-order valence-electron chi connectivity index (χ1n) is 5.88. The molecule has 0 fully saturated rings. The molecule has 0 aliphatic carbocycles. The zero-order valence-electron chi connectivity index (χ0n) is 10.3. The lowest BCUT2D eigenvalue weighted by Gasteiger charge is -2.09. The first-order chi connectivity index (χ1) is 9.65. The minimum atomic E-state index is -0.939. The number of hydrogen-bond acceptors (Lipinski definition) is 3. The highest BCUT2D eigenvalue weighted by molar-refractivity contribution is 5.73. The Bertz CT molecular complexity index is 845. The van der Waals surface area contributed by atoms with Crippen LogP contribution in [0.15, 0.2) is 47.7 Å². The smallest absolute Gasteiger partial charge is 0.252 e. The summed E-state index contributed by atoms with van der Waals surface area (Å²) in [5, 5.41) is 0.703. The number of fused-ring (bicyclic) bond motifs is 1. The van der Waals surface area contributed by atoms with Crippen molar-refractivity contribution in [3.63, 3.8) is 0 Å². The Balaban J connectivity index is 2.12. The maximum atomic E-state index is 13.2. The van der Waals surface area contributed by atoms with E-state index in [0.29, 0.717) is 16.6 Å². The standard InChI is InChI=1S/C14H9F2N3O/c15-11-3-1-9(5-12(11)16)7-19-13(20)4-2-10-6-17-8-18-14(10)19/h1-6,8H,7H2. The summed E-state index contributed by atoms with van der Waals surface area (Å²) in [6, 6.07) is 6.56. The van der Waals surface area contributed by atoms with E-state index < -0.39 is 11.6 Å². The third kappa shape index (κ3) is 2.16.